The summed E-state index contributed by atoms with van der Waals surface area (Å²) in [5, 5.41) is 13.4. The average Bonchev–Trinajstić information content (AvgIpc) is 3.32. The maximum absolute atomic E-state index is 9.93. The second-order valence-corrected chi connectivity index (χ2v) is 6.36. The van der Waals surface area contributed by atoms with E-state index >= 15 is 0 Å². The number of phenols is 1. The van der Waals surface area contributed by atoms with Crippen molar-refractivity contribution in [3.63, 3.8) is 0 Å². The van der Waals surface area contributed by atoms with E-state index in [1.807, 2.05) is 12.1 Å². The lowest BCUT2D eigenvalue weighted by molar-refractivity contribution is 0.190. The zero-order chi connectivity index (χ0) is 14.7. The van der Waals surface area contributed by atoms with Gasteiger partial charge >= 0.3 is 0 Å². The first-order valence-electron chi connectivity index (χ1n) is 8.07. The Kier molecular flexibility index (Phi) is 4.66. The number of hydrogen-bond acceptors (Lipinski definition) is 4. The number of piperidine rings is 1. The topological polar surface area (TPSA) is 44.7 Å². The van der Waals surface area contributed by atoms with E-state index in [1.165, 1.54) is 37.8 Å². The van der Waals surface area contributed by atoms with Gasteiger partial charge in [0, 0.05) is 19.1 Å². The van der Waals surface area contributed by atoms with Crippen LogP contribution in [0.4, 0.5) is 0 Å². The summed E-state index contributed by atoms with van der Waals surface area (Å²) in [6.45, 7) is 4.45. The molecule has 1 saturated heterocycles. The molecule has 0 spiro atoms. The molecule has 0 aromatic heterocycles. The van der Waals surface area contributed by atoms with Gasteiger partial charge in [-0.3, -0.25) is 4.90 Å². The Hall–Kier alpha value is -1.26. The van der Waals surface area contributed by atoms with Crippen molar-refractivity contribution in [3.05, 3.63) is 23.8 Å². The molecule has 0 bridgehead atoms. The van der Waals surface area contributed by atoms with Gasteiger partial charge < -0.3 is 15.2 Å². The number of aromatic hydroxyl groups is 1. The lowest BCUT2D eigenvalue weighted by Gasteiger charge is -2.30. The van der Waals surface area contributed by atoms with Gasteiger partial charge in [-0.1, -0.05) is 6.07 Å². The first-order chi connectivity index (χ1) is 10.3. The smallest absolute Gasteiger partial charge is 0.160 e. The standard InChI is InChI=1S/C17H26N2O2/c1-21-17-5-2-14(10-16(17)20)12-19(15-3-4-15)11-13-6-8-18-9-7-13/h2,5,10,13,15,18,20H,3-4,6-9,11-12H2,1H3. The van der Waals surface area contributed by atoms with Crippen LogP contribution in [0.5, 0.6) is 11.5 Å². The van der Waals surface area contributed by atoms with Crippen LogP contribution in [0.25, 0.3) is 0 Å². The molecular formula is C17H26N2O2. The number of methoxy groups -OCH3 is 1. The summed E-state index contributed by atoms with van der Waals surface area (Å²) in [4.78, 5) is 2.61. The predicted molar refractivity (Wildman–Crippen MR) is 83.7 cm³/mol. The van der Waals surface area contributed by atoms with Crippen molar-refractivity contribution in [3.8, 4) is 11.5 Å². The van der Waals surface area contributed by atoms with E-state index in [-0.39, 0.29) is 5.75 Å². The van der Waals surface area contributed by atoms with Crippen molar-refractivity contribution in [1.29, 1.82) is 0 Å². The van der Waals surface area contributed by atoms with Gasteiger partial charge in [-0.05, 0) is 62.4 Å². The zero-order valence-electron chi connectivity index (χ0n) is 12.8. The molecule has 2 aliphatic rings. The normalized spacial score (nSPS) is 19.9. The third-order valence-electron chi connectivity index (χ3n) is 4.64. The van der Waals surface area contributed by atoms with E-state index in [0.29, 0.717) is 5.75 Å². The summed E-state index contributed by atoms with van der Waals surface area (Å²) in [6, 6.07) is 6.52. The van der Waals surface area contributed by atoms with Crippen LogP contribution in [0, 0.1) is 5.92 Å². The van der Waals surface area contributed by atoms with E-state index < -0.39 is 0 Å². The second kappa shape index (κ2) is 6.67. The molecule has 0 amide bonds. The zero-order valence-corrected chi connectivity index (χ0v) is 12.8. The number of benzene rings is 1. The minimum absolute atomic E-state index is 0.243. The van der Waals surface area contributed by atoms with Gasteiger partial charge in [0.1, 0.15) is 0 Å². The van der Waals surface area contributed by atoms with Crippen molar-refractivity contribution < 1.29 is 9.84 Å². The Morgan fingerprint density at radius 1 is 1.24 bits per heavy atom. The number of phenolic OH excluding ortho intramolecular Hbond substituents is 1. The van der Waals surface area contributed by atoms with E-state index in [9.17, 15) is 5.11 Å². The van der Waals surface area contributed by atoms with Crippen molar-refractivity contribution >= 4 is 0 Å². The molecule has 2 fully saturated rings. The van der Waals surface area contributed by atoms with Gasteiger partial charge in [0.25, 0.3) is 0 Å². The summed E-state index contributed by atoms with van der Waals surface area (Å²) < 4.78 is 5.12. The Morgan fingerprint density at radius 2 is 2.00 bits per heavy atom. The Labute approximate surface area is 127 Å². The molecule has 1 aliphatic carbocycles. The molecule has 1 aromatic rings. The summed E-state index contributed by atoms with van der Waals surface area (Å²) in [5.74, 6) is 1.61. The fourth-order valence-corrected chi connectivity index (χ4v) is 3.25. The van der Waals surface area contributed by atoms with Crippen LogP contribution in [0.2, 0.25) is 0 Å². The van der Waals surface area contributed by atoms with E-state index in [1.54, 1.807) is 7.11 Å². The highest BCUT2D eigenvalue weighted by Gasteiger charge is 2.31. The highest BCUT2D eigenvalue weighted by Crippen LogP contribution is 2.32. The van der Waals surface area contributed by atoms with Gasteiger partial charge in [0.2, 0.25) is 0 Å². The monoisotopic (exact) mass is 290 g/mol. The minimum atomic E-state index is 0.243. The quantitative estimate of drug-likeness (QED) is 0.844. The third-order valence-corrected chi connectivity index (χ3v) is 4.64. The van der Waals surface area contributed by atoms with Crippen LogP contribution >= 0.6 is 0 Å². The molecule has 2 N–H and O–H groups in total. The van der Waals surface area contributed by atoms with Gasteiger partial charge in [0.15, 0.2) is 11.5 Å². The van der Waals surface area contributed by atoms with Crippen LogP contribution in [0.15, 0.2) is 18.2 Å². The molecule has 0 atom stereocenters. The maximum Gasteiger partial charge on any atom is 0.160 e. The van der Waals surface area contributed by atoms with Gasteiger partial charge in [0.05, 0.1) is 7.11 Å². The molecular weight excluding hydrogens is 264 g/mol. The van der Waals surface area contributed by atoms with Crippen molar-refractivity contribution in [2.24, 2.45) is 5.92 Å². The fraction of sp³-hybridized carbons (Fsp3) is 0.647. The van der Waals surface area contributed by atoms with Crippen LogP contribution in [-0.2, 0) is 6.54 Å². The summed E-state index contributed by atoms with van der Waals surface area (Å²) in [7, 11) is 1.59. The molecule has 116 valence electrons. The van der Waals surface area contributed by atoms with Gasteiger partial charge in [-0.25, -0.2) is 0 Å². The number of ether oxygens (including phenoxy) is 1. The van der Waals surface area contributed by atoms with Crippen LogP contribution in [-0.4, -0.2) is 42.8 Å². The first-order valence-corrected chi connectivity index (χ1v) is 8.07. The van der Waals surface area contributed by atoms with E-state index in [4.69, 9.17) is 4.74 Å². The van der Waals surface area contributed by atoms with Crippen LogP contribution < -0.4 is 10.1 Å². The largest absolute Gasteiger partial charge is 0.504 e. The molecule has 0 radical (unpaired) electrons. The molecule has 21 heavy (non-hydrogen) atoms. The highest BCUT2D eigenvalue weighted by atomic mass is 16.5. The molecule has 1 aromatic carbocycles. The SMILES string of the molecule is COc1ccc(CN(CC2CCNCC2)C2CC2)cc1O. The summed E-state index contributed by atoms with van der Waals surface area (Å²) in [5.41, 5.74) is 1.18. The van der Waals surface area contributed by atoms with Crippen molar-refractivity contribution in [2.45, 2.75) is 38.3 Å². The average molecular weight is 290 g/mol. The molecule has 1 aliphatic heterocycles. The molecule has 4 heteroatoms. The number of nitrogens with zero attached hydrogens (tertiary/aromatic N) is 1. The molecule has 1 saturated carbocycles. The van der Waals surface area contributed by atoms with E-state index in [2.05, 4.69) is 16.3 Å². The summed E-state index contributed by atoms with van der Waals surface area (Å²) >= 11 is 0. The third kappa shape index (κ3) is 3.89. The van der Waals surface area contributed by atoms with E-state index in [0.717, 1.165) is 31.6 Å². The number of nitrogens with one attached hydrogen (secondary N) is 1. The second-order valence-electron chi connectivity index (χ2n) is 6.36. The first kappa shape index (κ1) is 14.7. The fourth-order valence-electron chi connectivity index (χ4n) is 3.25. The maximum atomic E-state index is 9.93. The number of rotatable bonds is 6. The minimum Gasteiger partial charge on any atom is -0.504 e. The lowest BCUT2D eigenvalue weighted by atomic mass is 9.97. The van der Waals surface area contributed by atoms with Crippen molar-refractivity contribution in [1.82, 2.24) is 10.2 Å². The molecule has 0 unspecified atom stereocenters. The lowest BCUT2D eigenvalue weighted by Crippen LogP contribution is -2.37. The Bertz CT molecular complexity index is 468. The molecule has 3 rings (SSSR count). The molecule has 4 nitrogen and oxygen atoms in total. The molecule has 1 heterocycles. The Balaban J connectivity index is 1.63. The van der Waals surface area contributed by atoms with Gasteiger partial charge in [-0.15, -0.1) is 0 Å². The van der Waals surface area contributed by atoms with Crippen LogP contribution in [0.3, 0.4) is 0 Å². The highest BCUT2D eigenvalue weighted by molar-refractivity contribution is 5.41. The van der Waals surface area contributed by atoms with Gasteiger partial charge in [-0.2, -0.15) is 0 Å². The predicted octanol–water partition coefficient (Wildman–Crippen LogP) is 2.36. The number of hydrogen-bond donors (Lipinski definition) is 2. The van der Waals surface area contributed by atoms with Crippen LogP contribution in [0.1, 0.15) is 31.2 Å². The van der Waals surface area contributed by atoms with Crippen molar-refractivity contribution in [2.75, 3.05) is 26.7 Å². The summed E-state index contributed by atoms with van der Waals surface area (Å²) in [6.07, 6.45) is 5.23. The Morgan fingerprint density at radius 3 is 2.62 bits per heavy atom.